The van der Waals surface area contributed by atoms with Gasteiger partial charge in [0.15, 0.2) is 0 Å². The molecule has 2 heterocycles. The second-order valence-electron chi connectivity index (χ2n) is 6.61. The predicted octanol–water partition coefficient (Wildman–Crippen LogP) is 3.90. The van der Waals surface area contributed by atoms with Gasteiger partial charge in [-0.1, -0.05) is 12.1 Å². The first kappa shape index (κ1) is 17.4. The van der Waals surface area contributed by atoms with E-state index in [2.05, 4.69) is 10.3 Å². The summed E-state index contributed by atoms with van der Waals surface area (Å²) < 4.78 is 19.3. The van der Waals surface area contributed by atoms with Crippen LogP contribution in [0.1, 0.15) is 15.9 Å². The van der Waals surface area contributed by atoms with Gasteiger partial charge in [-0.05, 0) is 42.8 Å². The molecule has 6 heteroatoms. The Kier molecular flexibility index (Phi) is 4.73. The smallest absolute Gasteiger partial charge is 0.257 e. The summed E-state index contributed by atoms with van der Waals surface area (Å²) in [6.45, 7) is 4.09. The maximum absolute atomic E-state index is 13.9. The number of aryl methyl sites for hydroxylation is 1. The van der Waals surface area contributed by atoms with Crippen molar-refractivity contribution >= 4 is 28.2 Å². The first-order valence-corrected chi connectivity index (χ1v) is 8.91. The third-order valence-electron chi connectivity index (χ3n) is 4.65. The van der Waals surface area contributed by atoms with Crippen LogP contribution in [-0.2, 0) is 4.74 Å². The number of hydrogen-bond donors (Lipinski definition) is 1. The summed E-state index contributed by atoms with van der Waals surface area (Å²) in [5, 5.41) is 3.90. The number of anilines is 2. The van der Waals surface area contributed by atoms with Crippen LogP contribution in [0.25, 0.3) is 10.9 Å². The molecule has 2 aromatic carbocycles. The lowest BCUT2D eigenvalue weighted by Crippen LogP contribution is -2.41. The van der Waals surface area contributed by atoms with Gasteiger partial charge in [0.25, 0.3) is 5.91 Å². The van der Waals surface area contributed by atoms with E-state index in [1.807, 2.05) is 31.2 Å². The molecule has 1 fully saturated rings. The summed E-state index contributed by atoms with van der Waals surface area (Å²) in [7, 11) is 0. The number of rotatable bonds is 3. The number of fused-ring (bicyclic) bond motifs is 1. The third kappa shape index (κ3) is 3.61. The standard InChI is InChI=1S/C21H20FN3O2/c1-14-3-2-4-16(11-14)24-20-17-12-15(22)5-6-19(17)23-13-18(20)21(26)25-7-9-27-10-8-25/h2-6,11-13H,7-10H2,1H3,(H,23,24). The molecule has 27 heavy (non-hydrogen) atoms. The summed E-state index contributed by atoms with van der Waals surface area (Å²) >= 11 is 0. The lowest BCUT2D eigenvalue weighted by Gasteiger charge is -2.28. The van der Waals surface area contributed by atoms with Gasteiger partial charge in [-0.25, -0.2) is 4.39 Å². The predicted molar refractivity (Wildman–Crippen MR) is 103 cm³/mol. The summed E-state index contributed by atoms with van der Waals surface area (Å²) in [6.07, 6.45) is 1.57. The number of carbonyl (C=O) groups is 1. The highest BCUT2D eigenvalue weighted by molar-refractivity contribution is 6.08. The quantitative estimate of drug-likeness (QED) is 0.765. The third-order valence-corrected chi connectivity index (χ3v) is 4.65. The molecule has 0 unspecified atom stereocenters. The van der Waals surface area contributed by atoms with E-state index in [-0.39, 0.29) is 11.7 Å². The highest BCUT2D eigenvalue weighted by atomic mass is 19.1. The number of morpholine rings is 1. The first-order chi connectivity index (χ1) is 13.1. The number of benzene rings is 2. The van der Waals surface area contributed by atoms with Crippen molar-refractivity contribution in [2.45, 2.75) is 6.92 Å². The van der Waals surface area contributed by atoms with E-state index >= 15 is 0 Å². The van der Waals surface area contributed by atoms with Crippen LogP contribution >= 0.6 is 0 Å². The Balaban J connectivity index is 1.83. The van der Waals surface area contributed by atoms with Gasteiger partial charge < -0.3 is 15.0 Å². The van der Waals surface area contributed by atoms with Crippen LogP contribution in [0.3, 0.4) is 0 Å². The van der Waals surface area contributed by atoms with Crippen molar-refractivity contribution < 1.29 is 13.9 Å². The first-order valence-electron chi connectivity index (χ1n) is 8.91. The lowest BCUT2D eigenvalue weighted by atomic mass is 10.1. The SMILES string of the molecule is Cc1cccc(Nc2c(C(=O)N3CCOCC3)cnc3ccc(F)cc23)c1. The molecule has 5 nitrogen and oxygen atoms in total. The Morgan fingerprint density at radius 3 is 2.78 bits per heavy atom. The van der Waals surface area contributed by atoms with Gasteiger partial charge in [0, 0.05) is 30.4 Å². The molecule has 3 aromatic rings. The molecule has 1 aliphatic heterocycles. The van der Waals surface area contributed by atoms with Crippen LogP contribution in [-0.4, -0.2) is 42.1 Å². The number of nitrogens with zero attached hydrogens (tertiary/aromatic N) is 2. The molecule has 1 amide bonds. The molecule has 0 atom stereocenters. The van der Waals surface area contributed by atoms with Crippen molar-refractivity contribution in [1.29, 1.82) is 0 Å². The van der Waals surface area contributed by atoms with Crippen molar-refractivity contribution in [2.24, 2.45) is 0 Å². The van der Waals surface area contributed by atoms with Gasteiger partial charge >= 0.3 is 0 Å². The second kappa shape index (κ2) is 7.32. The monoisotopic (exact) mass is 365 g/mol. The van der Waals surface area contributed by atoms with Crippen LogP contribution < -0.4 is 5.32 Å². The van der Waals surface area contributed by atoms with E-state index in [4.69, 9.17) is 4.74 Å². The number of nitrogens with one attached hydrogen (secondary N) is 1. The van der Waals surface area contributed by atoms with Crippen LogP contribution in [0.2, 0.25) is 0 Å². The van der Waals surface area contributed by atoms with Gasteiger partial charge in [0.1, 0.15) is 5.82 Å². The average Bonchev–Trinajstić information content (AvgIpc) is 2.68. The highest BCUT2D eigenvalue weighted by Gasteiger charge is 2.23. The van der Waals surface area contributed by atoms with Gasteiger partial charge in [-0.2, -0.15) is 0 Å². The molecule has 0 saturated carbocycles. The van der Waals surface area contributed by atoms with E-state index in [0.717, 1.165) is 11.3 Å². The fourth-order valence-electron chi connectivity index (χ4n) is 3.27. The van der Waals surface area contributed by atoms with Crippen molar-refractivity contribution in [3.63, 3.8) is 0 Å². The Morgan fingerprint density at radius 2 is 2.00 bits per heavy atom. The van der Waals surface area contributed by atoms with Crippen molar-refractivity contribution in [3.8, 4) is 0 Å². The zero-order chi connectivity index (χ0) is 18.8. The summed E-state index contributed by atoms with van der Waals surface area (Å²) in [5.41, 5.74) is 3.55. The minimum atomic E-state index is -0.368. The highest BCUT2D eigenvalue weighted by Crippen LogP contribution is 2.31. The van der Waals surface area contributed by atoms with Crippen LogP contribution in [0.5, 0.6) is 0 Å². The number of aromatic nitrogens is 1. The number of pyridine rings is 1. The molecular formula is C21H20FN3O2. The minimum absolute atomic E-state index is 0.132. The van der Waals surface area contributed by atoms with E-state index < -0.39 is 0 Å². The maximum atomic E-state index is 13.9. The average molecular weight is 365 g/mol. The zero-order valence-corrected chi connectivity index (χ0v) is 15.0. The summed E-state index contributed by atoms with van der Waals surface area (Å²) in [4.78, 5) is 19.2. The Bertz CT molecular complexity index is 1000. The lowest BCUT2D eigenvalue weighted by molar-refractivity contribution is 0.0303. The normalized spacial score (nSPS) is 14.4. The van der Waals surface area contributed by atoms with Gasteiger partial charge in [0.05, 0.1) is 30.0 Å². The summed E-state index contributed by atoms with van der Waals surface area (Å²) in [5.74, 6) is -0.500. The molecular weight excluding hydrogens is 345 g/mol. The van der Waals surface area contributed by atoms with Crippen LogP contribution in [0.4, 0.5) is 15.8 Å². The Hall–Kier alpha value is -2.99. The number of amides is 1. The number of ether oxygens (including phenoxy) is 1. The van der Waals surface area contributed by atoms with E-state index in [1.54, 1.807) is 17.2 Å². The summed E-state index contributed by atoms with van der Waals surface area (Å²) in [6, 6.07) is 12.2. The van der Waals surface area contributed by atoms with E-state index in [1.165, 1.54) is 12.1 Å². The minimum Gasteiger partial charge on any atom is -0.378 e. The fourth-order valence-corrected chi connectivity index (χ4v) is 3.27. The Morgan fingerprint density at radius 1 is 1.19 bits per heavy atom. The maximum Gasteiger partial charge on any atom is 0.257 e. The number of carbonyl (C=O) groups excluding carboxylic acids is 1. The molecule has 1 N–H and O–H groups in total. The number of halogens is 1. The second-order valence-corrected chi connectivity index (χ2v) is 6.61. The molecule has 138 valence electrons. The molecule has 1 saturated heterocycles. The van der Waals surface area contributed by atoms with Gasteiger partial charge in [0.2, 0.25) is 0 Å². The molecule has 0 radical (unpaired) electrons. The van der Waals surface area contributed by atoms with Crippen molar-refractivity contribution in [2.75, 3.05) is 31.6 Å². The van der Waals surface area contributed by atoms with E-state index in [0.29, 0.717) is 48.5 Å². The van der Waals surface area contributed by atoms with E-state index in [9.17, 15) is 9.18 Å². The molecule has 0 aliphatic carbocycles. The van der Waals surface area contributed by atoms with Crippen molar-refractivity contribution in [1.82, 2.24) is 9.88 Å². The van der Waals surface area contributed by atoms with Crippen LogP contribution in [0.15, 0.2) is 48.7 Å². The molecule has 1 aliphatic rings. The molecule has 4 rings (SSSR count). The Labute approximate surface area is 156 Å². The topological polar surface area (TPSA) is 54.5 Å². The fraction of sp³-hybridized carbons (Fsp3) is 0.238. The zero-order valence-electron chi connectivity index (χ0n) is 15.0. The van der Waals surface area contributed by atoms with Gasteiger partial charge in [-0.3, -0.25) is 9.78 Å². The van der Waals surface area contributed by atoms with Crippen molar-refractivity contribution in [3.05, 3.63) is 65.6 Å². The molecule has 0 spiro atoms. The number of hydrogen-bond acceptors (Lipinski definition) is 4. The van der Waals surface area contributed by atoms with Crippen LogP contribution in [0, 0.1) is 12.7 Å². The van der Waals surface area contributed by atoms with Gasteiger partial charge in [-0.15, -0.1) is 0 Å². The molecule has 1 aromatic heterocycles. The largest absolute Gasteiger partial charge is 0.378 e. The molecule has 0 bridgehead atoms.